The number of rotatable bonds is 2. The van der Waals surface area contributed by atoms with Gasteiger partial charge in [-0.05, 0) is 39.0 Å². The molecule has 0 bridgehead atoms. The standard InChI is InChI=1S/C14H18N4O/c1-17-7-4-12(5-8-17)18(2)14(19)13-10-16-6-3-11(13)9-15/h3,6,10,12H,4-5,7-8H2,1-2H3. The van der Waals surface area contributed by atoms with E-state index in [0.717, 1.165) is 25.9 Å². The van der Waals surface area contributed by atoms with Crippen molar-refractivity contribution in [3.8, 4) is 6.07 Å². The van der Waals surface area contributed by atoms with Gasteiger partial charge in [-0.3, -0.25) is 9.78 Å². The maximum absolute atomic E-state index is 12.4. The Morgan fingerprint density at radius 2 is 2.21 bits per heavy atom. The van der Waals surface area contributed by atoms with Gasteiger partial charge in [0.15, 0.2) is 0 Å². The number of nitrogens with zero attached hydrogens (tertiary/aromatic N) is 4. The van der Waals surface area contributed by atoms with Gasteiger partial charge >= 0.3 is 0 Å². The molecule has 1 aromatic rings. The average Bonchev–Trinajstić information content (AvgIpc) is 2.46. The number of likely N-dealkylation sites (tertiary alicyclic amines) is 1. The van der Waals surface area contributed by atoms with Crippen LogP contribution in [0, 0.1) is 11.3 Å². The van der Waals surface area contributed by atoms with Crippen LogP contribution < -0.4 is 0 Å². The summed E-state index contributed by atoms with van der Waals surface area (Å²) in [6.07, 6.45) is 4.96. The number of carbonyl (C=O) groups excluding carboxylic acids is 1. The summed E-state index contributed by atoms with van der Waals surface area (Å²) < 4.78 is 0. The third-order valence-electron chi connectivity index (χ3n) is 3.73. The van der Waals surface area contributed by atoms with Gasteiger partial charge in [0.2, 0.25) is 0 Å². The lowest BCUT2D eigenvalue weighted by molar-refractivity contribution is 0.0659. The van der Waals surface area contributed by atoms with E-state index in [2.05, 4.69) is 16.9 Å². The number of piperidine rings is 1. The number of hydrogen-bond acceptors (Lipinski definition) is 4. The zero-order valence-electron chi connectivity index (χ0n) is 11.3. The molecule has 0 atom stereocenters. The molecule has 0 aliphatic carbocycles. The number of carbonyl (C=O) groups is 1. The molecule has 1 aliphatic rings. The molecule has 1 saturated heterocycles. The minimum atomic E-state index is -0.112. The molecular weight excluding hydrogens is 240 g/mol. The van der Waals surface area contributed by atoms with E-state index in [1.54, 1.807) is 11.0 Å². The van der Waals surface area contributed by atoms with Crippen molar-refractivity contribution in [2.45, 2.75) is 18.9 Å². The Morgan fingerprint density at radius 3 is 2.84 bits per heavy atom. The van der Waals surface area contributed by atoms with Crippen LogP contribution in [-0.4, -0.2) is 53.9 Å². The van der Waals surface area contributed by atoms with E-state index >= 15 is 0 Å². The summed E-state index contributed by atoms with van der Waals surface area (Å²) in [6.45, 7) is 2.00. The van der Waals surface area contributed by atoms with E-state index in [4.69, 9.17) is 5.26 Å². The first-order valence-corrected chi connectivity index (χ1v) is 6.43. The van der Waals surface area contributed by atoms with Gasteiger partial charge in [-0.1, -0.05) is 0 Å². The normalized spacial score (nSPS) is 16.9. The SMILES string of the molecule is CN1CCC(N(C)C(=O)c2cnccc2C#N)CC1. The van der Waals surface area contributed by atoms with Gasteiger partial charge in [-0.25, -0.2) is 0 Å². The molecule has 0 N–H and O–H groups in total. The van der Waals surface area contributed by atoms with Crippen molar-refractivity contribution >= 4 is 5.91 Å². The first kappa shape index (κ1) is 13.5. The van der Waals surface area contributed by atoms with Gasteiger partial charge in [0.05, 0.1) is 11.1 Å². The summed E-state index contributed by atoms with van der Waals surface area (Å²) in [4.78, 5) is 20.4. The van der Waals surface area contributed by atoms with Gasteiger partial charge in [-0.2, -0.15) is 5.26 Å². The molecule has 0 aromatic carbocycles. The van der Waals surface area contributed by atoms with Gasteiger partial charge in [0.25, 0.3) is 5.91 Å². The van der Waals surface area contributed by atoms with Gasteiger partial charge in [-0.15, -0.1) is 0 Å². The molecule has 1 fully saturated rings. The minimum Gasteiger partial charge on any atom is -0.339 e. The van der Waals surface area contributed by atoms with Crippen molar-refractivity contribution < 1.29 is 4.79 Å². The van der Waals surface area contributed by atoms with Crippen LogP contribution in [0.1, 0.15) is 28.8 Å². The van der Waals surface area contributed by atoms with E-state index in [9.17, 15) is 4.79 Å². The van der Waals surface area contributed by atoms with Gasteiger partial charge in [0.1, 0.15) is 6.07 Å². The highest BCUT2D eigenvalue weighted by atomic mass is 16.2. The van der Waals surface area contributed by atoms with E-state index in [0.29, 0.717) is 11.1 Å². The fourth-order valence-electron chi connectivity index (χ4n) is 2.40. The maximum Gasteiger partial charge on any atom is 0.256 e. The first-order valence-electron chi connectivity index (χ1n) is 6.43. The smallest absolute Gasteiger partial charge is 0.256 e. The quantitative estimate of drug-likeness (QED) is 0.797. The second kappa shape index (κ2) is 5.81. The Bertz CT molecular complexity index is 500. The molecule has 0 spiro atoms. The molecule has 2 heterocycles. The molecule has 1 amide bonds. The first-order chi connectivity index (χ1) is 9.13. The molecule has 5 nitrogen and oxygen atoms in total. The monoisotopic (exact) mass is 258 g/mol. The van der Waals surface area contributed by atoms with Gasteiger partial charge in [0, 0.05) is 25.5 Å². The Kier molecular flexibility index (Phi) is 4.13. The van der Waals surface area contributed by atoms with Crippen molar-refractivity contribution in [3.05, 3.63) is 29.6 Å². The Hall–Kier alpha value is -1.93. The van der Waals surface area contributed by atoms with Crippen LogP contribution in [0.25, 0.3) is 0 Å². The molecule has 1 aliphatic heterocycles. The van der Waals surface area contributed by atoms with Crippen LogP contribution >= 0.6 is 0 Å². The van der Waals surface area contributed by atoms with Crippen molar-refractivity contribution in [3.63, 3.8) is 0 Å². The molecule has 0 saturated carbocycles. The van der Waals surface area contributed by atoms with E-state index in [-0.39, 0.29) is 11.9 Å². The van der Waals surface area contributed by atoms with Crippen LogP contribution in [0.2, 0.25) is 0 Å². The van der Waals surface area contributed by atoms with E-state index < -0.39 is 0 Å². The van der Waals surface area contributed by atoms with Crippen LogP contribution in [0.5, 0.6) is 0 Å². The summed E-state index contributed by atoms with van der Waals surface area (Å²) in [5.74, 6) is -0.112. The van der Waals surface area contributed by atoms with E-state index in [1.807, 2.05) is 13.1 Å². The molecular formula is C14H18N4O. The Labute approximate surface area is 113 Å². The van der Waals surface area contributed by atoms with Crippen LogP contribution in [0.4, 0.5) is 0 Å². The molecule has 0 radical (unpaired) electrons. The lowest BCUT2D eigenvalue weighted by Gasteiger charge is -2.35. The highest BCUT2D eigenvalue weighted by Gasteiger charge is 2.25. The lowest BCUT2D eigenvalue weighted by Crippen LogP contribution is -2.44. The van der Waals surface area contributed by atoms with Crippen molar-refractivity contribution in [1.82, 2.24) is 14.8 Å². The summed E-state index contributed by atoms with van der Waals surface area (Å²) >= 11 is 0. The second-order valence-corrected chi connectivity index (χ2v) is 4.98. The summed E-state index contributed by atoms with van der Waals surface area (Å²) in [6, 6.07) is 3.87. The van der Waals surface area contributed by atoms with E-state index in [1.165, 1.54) is 12.4 Å². The van der Waals surface area contributed by atoms with Crippen LogP contribution in [0.3, 0.4) is 0 Å². The highest BCUT2D eigenvalue weighted by Crippen LogP contribution is 2.17. The van der Waals surface area contributed by atoms with Crippen LogP contribution in [0.15, 0.2) is 18.5 Å². The lowest BCUT2D eigenvalue weighted by atomic mass is 10.0. The second-order valence-electron chi connectivity index (χ2n) is 4.98. The zero-order valence-corrected chi connectivity index (χ0v) is 11.3. The summed E-state index contributed by atoms with van der Waals surface area (Å²) in [7, 11) is 3.90. The number of amides is 1. The van der Waals surface area contributed by atoms with Crippen molar-refractivity contribution in [2.24, 2.45) is 0 Å². The molecule has 5 heteroatoms. The zero-order chi connectivity index (χ0) is 13.8. The average molecular weight is 258 g/mol. The fraction of sp³-hybridized carbons (Fsp3) is 0.500. The molecule has 100 valence electrons. The third-order valence-corrected chi connectivity index (χ3v) is 3.73. The Balaban J connectivity index is 2.13. The molecule has 1 aromatic heterocycles. The fourth-order valence-corrected chi connectivity index (χ4v) is 2.40. The maximum atomic E-state index is 12.4. The Morgan fingerprint density at radius 1 is 1.53 bits per heavy atom. The predicted octanol–water partition coefficient (Wildman–Crippen LogP) is 1.12. The highest BCUT2D eigenvalue weighted by molar-refractivity contribution is 5.96. The third kappa shape index (κ3) is 2.91. The topological polar surface area (TPSA) is 60.2 Å². The number of hydrogen-bond donors (Lipinski definition) is 0. The predicted molar refractivity (Wildman–Crippen MR) is 71.6 cm³/mol. The molecule has 2 rings (SSSR count). The number of nitriles is 1. The largest absolute Gasteiger partial charge is 0.339 e. The van der Waals surface area contributed by atoms with Gasteiger partial charge < -0.3 is 9.80 Å². The number of aromatic nitrogens is 1. The molecule has 19 heavy (non-hydrogen) atoms. The number of pyridine rings is 1. The summed E-state index contributed by atoms with van der Waals surface area (Å²) in [5, 5.41) is 9.04. The summed E-state index contributed by atoms with van der Waals surface area (Å²) in [5.41, 5.74) is 0.784. The van der Waals surface area contributed by atoms with Crippen LogP contribution in [-0.2, 0) is 0 Å². The minimum absolute atomic E-state index is 0.112. The van der Waals surface area contributed by atoms with Crippen molar-refractivity contribution in [2.75, 3.05) is 27.2 Å². The molecule has 0 unspecified atom stereocenters. The van der Waals surface area contributed by atoms with Crippen molar-refractivity contribution in [1.29, 1.82) is 5.26 Å².